The lowest BCUT2D eigenvalue weighted by molar-refractivity contribution is -0.141. The summed E-state index contributed by atoms with van der Waals surface area (Å²) >= 11 is 0. The van der Waals surface area contributed by atoms with Crippen LogP contribution < -0.4 is 5.32 Å². The van der Waals surface area contributed by atoms with Gasteiger partial charge in [0, 0.05) is 33.1 Å². The van der Waals surface area contributed by atoms with Gasteiger partial charge in [0.15, 0.2) is 0 Å². The number of urea groups is 1. The molecule has 7 nitrogen and oxygen atoms in total. The van der Waals surface area contributed by atoms with E-state index in [1.54, 1.807) is 14.1 Å². The monoisotopic (exact) mass is 245 g/mol. The number of aliphatic carboxylic acids is 1. The first kappa shape index (κ1) is 13.7. The van der Waals surface area contributed by atoms with E-state index in [9.17, 15) is 14.7 Å². The minimum Gasteiger partial charge on any atom is -0.480 e. The van der Waals surface area contributed by atoms with Gasteiger partial charge in [0.1, 0.15) is 6.04 Å². The Hall–Kier alpha value is -1.34. The van der Waals surface area contributed by atoms with Gasteiger partial charge in [-0.3, -0.25) is 0 Å². The molecule has 2 atom stereocenters. The van der Waals surface area contributed by atoms with Crippen LogP contribution in [0.1, 0.15) is 6.42 Å². The molecule has 0 radical (unpaired) electrons. The van der Waals surface area contributed by atoms with E-state index in [1.807, 2.05) is 0 Å². The first-order valence-corrected chi connectivity index (χ1v) is 5.54. The Morgan fingerprint density at radius 3 is 2.71 bits per heavy atom. The number of nitrogens with one attached hydrogen (secondary N) is 1. The highest BCUT2D eigenvalue weighted by molar-refractivity contribution is 5.83. The van der Waals surface area contributed by atoms with Crippen LogP contribution in [0.5, 0.6) is 0 Å². The fourth-order valence-electron chi connectivity index (χ4n) is 1.85. The van der Waals surface area contributed by atoms with Crippen LogP contribution in [-0.4, -0.2) is 77.9 Å². The first-order chi connectivity index (χ1) is 7.97. The summed E-state index contributed by atoms with van der Waals surface area (Å²) in [6.07, 6.45) is -0.654. The average molecular weight is 245 g/mol. The van der Waals surface area contributed by atoms with Crippen molar-refractivity contribution >= 4 is 12.0 Å². The third-order valence-corrected chi connectivity index (χ3v) is 2.83. The predicted octanol–water partition coefficient (Wildman–Crippen LogP) is -1.22. The number of hydrogen-bond donors (Lipinski definition) is 3. The topological polar surface area (TPSA) is 93.1 Å². The van der Waals surface area contributed by atoms with Crippen molar-refractivity contribution in [3.63, 3.8) is 0 Å². The Bertz CT molecular complexity index is 297. The molecular weight excluding hydrogens is 226 g/mol. The molecule has 1 rings (SSSR count). The number of aliphatic hydroxyl groups is 1. The lowest BCUT2D eigenvalue weighted by atomic mass is 10.2. The van der Waals surface area contributed by atoms with Crippen molar-refractivity contribution in [3.8, 4) is 0 Å². The van der Waals surface area contributed by atoms with Gasteiger partial charge in [-0.05, 0) is 7.05 Å². The number of hydrogen-bond acceptors (Lipinski definition) is 4. The lowest BCUT2D eigenvalue weighted by Gasteiger charge is -2.27. The number of β-amino-alcohol motifs (C(OH)–C–C–N with tert-alkyl or cyclic N) is 1. The van der Waals surface area contributed by atoms with Gasteiger partial charge < -0.3 is 25.3 Å². The number of aliphatic hydroxyl groups excluding tert-OH is 1. The molecule has 1 saturated heterocycles. The number of nitrogens with zero attached hydrogens (tertiary/aromatic N) is 2. The minimum atomic E-state index is -1.07. The molecule has 1 aliphatic rings. The number of carbonyl (C=O) groups is 2. The van der Waals surface area contributed by atoms with Crippen LogP contribution in [0.3, 0.4) is 0 Å². The highest BCUT2D eigenvalue weighted by Crippen LogP contribution is 2.19. The molecule has 1 aliphatic heterocycles. The normalized spacial score (nSPS) is 23.8. The zero-order valence-corrected chi connectivity index (χ0v) is 10.1. The first-order valence-electron chi connectivity index (χ1n) is 5.54. The van der Waals surface area contributed by atoms with Gasteiger partial charge in [-0.15, -0.1) is 0 Å². The quantitative estimate of drug-likeness (QED) is 0.577. The smallest absolute Gasteiger partial charge is 0.326 e. The summed E-state index contributed by atoms with van der Waals surface area (Å²) in [4.78, 5) is 25.6. The van der Waals surface area contributed by atoms with Gasteiger partial charge >= 0.3 is 12.0 Å². The summed E-state index contributed by atoms with van der Waals surface area (Å²) in [5.74, 6) is -1.07. The van der Waals surface area contributed by atoms with Crippen molar-refractivity contribution in [2.24, 2.45) is 0 Å². The number of carboxylic acid groups (broad SMARTS) is 1. The lowest BCUT2D eigenvalue weighted by Crippen LogP contribution is -2.48. The van der Waals surface area contributed by atoms with Gasteiger partial charge in [-0.25, -0.2) is 9.59 Å². The molecule has 0 aromatic rings. The summed E-state index contributed by atoms with van der Waals surface area (Å²) in [6.45, 7) is 1.21. The van der Waals surface area contributed by atoms with Crippen LogP contribution in [0.4, 0.5) is 4.79 Å². The Morgan fingerprint density at radius 1 is 1.53 bits per heavy atom. The average Bonchev–Trinajstić information content (AvgIpc) is 2.67. The number of rotatable bonds is 4. The van der Waals surface area contributed by atoms with Crippen molar-refractivity contribution in [1.29, 1.82) is 0 Å². The molecule has 7 heteroatoms. The molecule has 1 fully saturated rings. The fraction of sp³-hybridized carbons (Fsp3) is 0.800. The number of likely N-dealkylation sites (N-methyl/N-ethyl adjacent to an activating group) is 2. The molecule has 0 spiro atoms. The molecule has 0 aromatic heterocycles. The highest BCUT2D eigenvalue weighted by atomic mass is 16.4. The maximum Gasteiger partial charge on any atom is 0.326 e. The summed E-state index contributed by atoms with van der Waals surface area (Å²) in [5.41, 5.74) is 0. The Labute approximate surface area is 100.0 Å². The zero-order chi connectivity index (χ0) is 13.0. The van der Waals surface area contributed by atoms with Crippen LogP contribution >= 0.6 is 0 Å². The van der Waals surface area contributed by atoms with Crippen LogP contribution in [0, 0.1) is 0 Å². The Balaban J connectivity index is 2.63. The second-order valence-corrected chi connectivity index (χ2v) is 4.20. The third-order valence-electron chi connectivity index (χ3n) is 2.83. The SMILES string of the molecule is CNCCN(C)C(=O)N1C[C@H](O)C[C@H]1C(=O)O. The molecule has 0 aromatic carbocycles. The van der Waals surface area contributed by atoms with E-state index in [0.29, 0.717) is 13.1 Å². The molecule has 3 N–H and O–H groups in total. The summed E-state index contributed by atoms with van der Waals surface area (Å²) < 4.78 is 0. The van der Waals surface area contributed by atoms with E-state index in [-0.39, 0.29) is 19.0 Å². The molecule has 0 aliphatic carbocycles. The van der Waals surface area contributed by atoms with Crippen LogP contribution in [-0.2, 0) is 4.79 Å². The minimum absolute atomic E-state index is 0.0830. The molecule has 1 heterocycles. The molecule has 0 bridgehead atoms. The van der Waals surface area contributed by atoms with E-state index in [2.05, 4.69) is 5.32 Å². The number of likely N-dealkylation sites (tertiary alicyclic amines) is 1. The van der Waals surface area contributed by atoms with Crippen molar-refractivity contribution in [2.75, 3.05) is 33.7 Å². The summed E-state index contributed by atoms with van der Waals surface area (Å²) in [6, 6.07) is -1.28. The molecule has 17 heavy (non-hydrogen) atoms. The third kappa shape index (κ3) is 3.31. The highest BCUT2D eigenvalue weighted by Gasteiger charge is 2.39. The van der Waals surface area contributed by atoms with E-state index in [1.165, 1.54) is 9.80 Å². The molecular formula is C10H19N3O4. The maximum absolute atomic E-state index is 12.0. The summed E-state index contributed by atoms with van der Waals surface area (Å²) in [5, 5.41) is 21.3. The summed E-state index contributed by atoms with van der Waals surface area (Å²) in [7, 11) is 3.39. The molecule has 0 saturated carbocycles. The standard InChI is InChI=1S/C10H19N3O4/c1-11-3-4-12(2)10(17)13-6-7(14)5-8(13)9(15)16/h7-8,11,14H,3-6H2,1-2H3,(H,15,16)/t7-,8+/m1/s1. The van der Waals surface area contributed by atoms with Gasteiger partial charge in [-0.1, -0.05) is 0 Å². The largest absolute Gasteiger partial charge is 0.480 e. The molecule has 0 unspecified atom stereocenters. The van der Waals surface area contributed by atoms with E-state index < -0.39 is 18.1 Å². The van der Waals surface area contributed by atoms with Crippen molar-refractivity contribution in [3.05, 3.63) is 0 Å². The van der Waals surface area contributed by atoms with Gasteiger partial charge in [0.2, 0.25) is 0 Å². The van der Waals surface area contributed by atoms with E-state index >= 15 is 0 Å². The number of carboxylic acids is 1. The van der Waals surface area contributed by atoms with Crippen LogP contribution in [0.2, 0.25) is 0 Å². The predicted molar refractivity (Wildman–Crippen MR) is 60.7 cm³/mol. The Morgan fingerprint density at radius 2 is 2.18 bits per heavy atom. The Kier molecular flexibility index (Phi) is 4.71. The number of amides is 2. The fourth-order valence-corrected chi connectivity index (χ4v) is 1.85. The second kappa shape index (κ2) is 5.83. The van der Waals surface area contributed by atoms with Crippen molar-refractivity contribution in [2.45, 2.75) is 18.6 Å². The van der Waals surface area contributed by atoms with Crippen LogP contribution in [0.25, 0.3) is 0 Å². The van der Waals surface area contributed by atoms with Crippen molar-refractivity contribution in [1.82, 2.24) is 15.1 Å². The van der Waals surface area contributed by atoms with Gasteiger partial charge in [-0.2, -0.15) is 0 Å². The maximum atomic E-state index is 12.0. The van der Waals surface area contributed by atoms with E-state index in [0.717, 1.165) is 0 Å². The second-order valence-electron chi connectivity index (χ2n) is 4.20. The molecule has 98 valence electrons. The number of carbonyl (C=O) groups excluding carboxylic acids is 1. The van der Waals surface area contributed by atoms with Gasteiger partial charge in [0.05, 0.1) is 6.10 Å². The zero-order valence-electron chi connectivity index (χ0n) is 10.1. The van der Waals surface area contributed by atoms with Gasteiger partial charge in [0.25, 0.3) is 0 Å². The molecule has 2 amide bonds. The van der Waals surface area contributed by atoms with Crippen LogP contribution in [0.15, 0.2) is 0 Å². The van der Waals surface area contributed by atoms with Crippen molar-refractivity contribution < 1.29 is 19.8 Å². The van der Waals surface area contributed by atoms with E-state index in [4.69, 9.17) is 5.11 Å².